The van der Waals surface area contributed by atoms with Crippen LogP contribution >= 0.6 is 0 Å². The van der Waals surface area contributed by atoms with Gasteiger partial charge in [0.25, 0.3) is 0 Å². The first-order valence-electron chi connectivity index (χ1n) is 11.5. The second kappa shape index (κ2) is 10.6. The van der Waals surface area contributed by atoms with Crippen LogP contribution in [-0.4, -0.2) is 9.13 Å². The zero-order chi connectivity index (χ0) is 22.2. The van der Waals surface area contributed by atoms with E-state index in [0.717, 1.165) is 51.9 Å². The monoisotopic (exact) mass is 426 g/mol. The van der Waals surface area contributed by atoms with E-state index in [9.17, 15) is 0 Å². The van der Waals surface area contributed by atoms with E-state index in [1.165, 1.54) is 22.1 Å². The summed E-state index contributed by atoms with van der Waals surface area (Å²) in [6, 6.07) is 21.5. The molecule has 2 heterocycles. The highest BCUT2D eigenvalue weighted by molar-refractivity contribution is 5.72. The van der Waals surface area contributed by atoms with Crippen LogP contribution in [0.1, 0.15) is 38.5 Å². The van der Waals surface area contributed by atoms with Gasteiger partial charge in [-0.3, -0.25) is 0 Å². The molecule has 0 aliphatic carbocycles. The number of aryl methyl sites for hydroxylation is 4. The van der Waals surface area contributed by atoms with Crippen molar-refractivity contribution >= 4 is 22.1 Å². The van der Waals surface area contributed by atoms with Crippen molar-refractivity contribution in [1.29, 1.82) is 10.5 Å². The van der Waals surface area contributed by atoms with E-state index in [1.54, 1.807) is 0 Å². The zero-order valence-electron chi connectivity index (χ0n) is 18.5. The minimum absolute atomic E-state index is 0.591. The van der Waals surface area contributed by atoms with Crippen molar-refractivity contribution in [3.63, 3.8) is 0 Å². The summed E-state index contributed by atoms with van der Waals surface area (Å²) < 4.78 is 9.24. The van der Waals surface area contributed by atoms with E-state index in [2.05, 4.69) is 91.6 Å². The van der Waals surface area contributed by atoms with Crippen molar-refractivity contribution in [2.24, 2.45) is 0 Å². The summed E-state index contributed by atoms with van der Waals surface area (Å²) >= 11 is 0. The van der Waals surface area contributed by atoms with Crippen molar-refractivity contribution in [2.75, 3.05) is 0 Å². The molecule has 0 saturated heterocycles. The van der Waals surface area contributed by atoms with Gasteiger partial charge in [-0.1, -0.05) is 24.3 Å². The van der Waals surface area contributed by atoms with Gasteiger partial charge in [0.2, 0.25) is 12.7 Å². The molecule has 0 amide bonds. The van der Waals surface area contributed by atoms with Crippen LogP contribution in [-0.2, 0) is 26.2 Å². The van der Waals surface area contributed by atoms with E-state index < -0.39 is 0 Å². The van der Waals surface area contributed by atoms with Crippen molar-refractivity contribution in [2.45, 2.75) is 64.7 Å². The van der Waals surface area contributed by atoms with Crippen molar-refractivity contribution < 1.29 is 9.13 Å². The van der Waals surface area contributed by atoms with Gasteiger partial charge in [-0.05, 0) is 49.9 Å². The maximum atomic E-state index is 8.84. The summed E-state index contributed by atoms with van der Waals surface area (Å²) in [6.45, 7) is 3.71. The number of rotatable bonds is 11. The minimum Gasteiger partial charge on any atom is -0.230 e. The fourth-order valence-electron chi connectivity index (χ4n) is 4.42. The summed E-state index contributed by atoms with van der Waals surface area (Å²) in [6.07, 6.45) is 9.54. The lowest BCUT2D eigenvalue weighted by atomic mass is 10.2. The summed E-state index contributed by atoms with van der Waals surface area (Å²) in [4.78, 5) is 0. The van der Waals surface area contributed by atoms with Crippen LogP contribution in [0.15, 0.2) is 61.2 Å². The predicted molar refractivity (Wildman–Crippen MR) is 123 cm³/mol. The lowest BCUT2D eigenvalue weighted by molar-refractivity contribution is -0.684. The normalized spacial score (nSPS) is 11.1. The van der Waals surface area contributed by atoms with Crippen LogP contribution < -0.4 is 9.13 Å². The molecule has 32 heavy (non-hydrogen) atoms. The summed E-state index contributed by atoms with van der Waals surface area (Å²) in [5.41, 5.74) is 4.98. The van der Waals surface area contributed by atoms with Crippen LogP contribution in [0.3, 0.4) is 0 Å². The molecule has 0 N–H and O–H groups in total. The molecule has 0 aliphatic heterocycles. The highest BCUT2D eigenvalue weighted by Gasteiger charge is 2.16. The van der Waals surface area contributed by atoms with Gasteiger partial charge >= 0.3 is 0 Å². The van der Waals surface area contributed by atoms with Gasteiger partial charge in [-0.15, -0.1) is 0 Å². The third-order valence-electron chi connectivity index (χ3n) is 5.98. The van der Waals surface area contributed by atoms with Gasteiger partial charge in [-0.25, -0.2) is 18.3 Å². The Labute approximate surface area is 189 Å². The molecule has 0 spiro atoms. The molecular formula is C26H30N6+2. The predicted octanol–water partition coefficient (Wildman–Crippen LogP) is 4.26. The molecule has 2 aromatic carbocycles. The second-order valence-corrected chi connectivity index (χ2v) is 8.21. The molecule has 0 aliphatic rings. The molecule has 6 heteroatoms. The highest BCUT2D eigenvalue weighted by atomic mass is 15.1. The Balaban J connectivity index is 1.41. The molecule has 0 bridgehead atoms. The Morgan fingerprint density at radius 1 is 0.625 bits per heavy atom. The topological polar surface area (TPSA) is 65.2 Å². The highest BCUT2D eigenvalue weighted by Crippen LogP contribution is 2.14. The Morgan fingerprint density at radius 3 is 1.50 bits per heavy atom. The first-order valence-corrected chi connectivity index (χ1v) is 11.5. The number of para-hydroxylation sites is 4. The molecule has 0 fully saturated rings. The number of imidazole rings is 2. The lowest BCUT2D eigenvalue weighted by Crippen LogP contribution is -2.35. The Kier molecular flexibility index (Phi) is 7.15. The molecule has 4 rings (SSSR count). The average Bonchev–Trinajstić information content (AvgIpc) is 3.36. The number of hydrogen-bond acceptors (Lipinski definition) is 2. The molecule has 0 atom stereocenters. The maximum Gasteiger partial charge on any atom is 0.244 e. The summed E-state index contributed by atoms with van der Waals surface area (Å²) in [7, 11) is 0. The first kappa shape index (κ1) is 21.6. The Morgan fingerprint density at radius 2 is 1.06 bits per heavy atom. The molecule has 6 nitrogen and oxygen atoms in total. The smallest absolute Gasteiger partial charge is 0.230 e. The van der Waals surface area contributed by atoms with E-state index in [4.69, 9.17) is 10.5 Å². The first-order chi connectivity index (χ1) is 15.8. The fraction of sp³-hybridized carbons (Fsp3) is 0.385. The van der Waals surface area contributed by atoms with E-state index in [0.29, 0.717) is 12.8 Å². The molecule has 0 radical (unpaired) electrons. The van der Waals surface area contributed by atoms with Crippen molar-refractivity contribution in [3.8, 4) is 12.1 Å². The number of nitrogens with zero attached hydrogens (tertiary/aromatic N) is 6. The molecule has 0 saturated carbocycles. The van der Waals surface area contributed by atoms with Crippen LogP contribution in [0, 0.1) is 22.7 Å². The Bertz CT molecular complexity index is 1170. The van der Waals surface area contributed by atoms with Crippen molar-refractivity contribution in [3.05, 3.63) is 61.2 Å². The van der Waals surface area contributed by atoms with Crippen LogP contribution in [0.4, 0.5) is 0 Å². The lowest BCUT2D eigenvalue weighted by Gasteiger charge is -1.99. The van der Waals surface area contributed by atoms with Crippen molar-refractivity contribution in [1.82, 2.24) is 9.13 Å². The van der Waals surface area contributed by atoms with Gasteiger partial charge in [-0.2, -0.15) is 10.5 Å². The van der Waals surface area contributed by atoms with Crippen LogP contribution in [0.25, 0.3) is 22.1 Å². The molecule has 2 aromatic heterocycles. The summed E-state index contributed by atoms with van der Waals surface area (Å²) in [5, 5.41) is 17.7. The number of nitriles is 2. The molecule has 162 valence electrons. The van der Waals surface area contributed by atoms with E-state index in [-0.39, 0.29) is 0 Å². The van der Waals surface area contributed by atoms with Gasteiger partial charge < -0.3 is 0 Å². The third-order valence-corrected chi connectivity index (χ3v) is 5.98. The maximum absolute atomic E-state index is 8.84. The molecule has 0 unspecified atom stereocenters. The third kappa shape index (κ3) is 4.81. The fourth-order valence-corrected chi connectivity index (χ4v) is 4.42. The van der Waals surface area contributed by atoms with E-state index in [1.807, 2.05) is 0 Å². The SMILES string of the molecule is N#CCCCn1c[n+](CCCC[n+]2cn(CCCC#N)c3ccccc32)c2ccccc21. The number of aromatic nitrogens is 4. The number of unbranched alkanes of at least 4 members (excludes halogenated alkanes) is 3. The Hall–Kier alpha value is -3.64. The van der Waals surface area contributed by atoms with Gasteiger partial charge in [0.05, 0.1) is 38.3 Å². The second-order valence-electron chi connectivity index (χ2n) is 8.21. The van der Waals surface area contributed by atoms with E-state index >= 15 is 0 Å². The molecule has 4 aromatic rings. The number of benzene rings is 2. The largest absolute Gasteiger partial charge is 0.244 e. The summed E-state index contributed by atoms with van der Waals surface area (Å²) in [5.74, 6) is 0. The average molecular weight is 427 g/mol. The van der Waals surface area contributed by atoms with Gasteiger partial charge in [0.1, 0.15) is 0 Å². The quantitative estimate of drug-likeness (QED) is 0.266. The van der Waals surface area contributed by atoms with Crippen LogP contribution in [0.5, 0.6) is 0 Å². The van der Waals surface area contributed by atoms with Gasteiger partial charge in [0, 0.05) is 12.8 Å². The standard InChI is InChI=1S/C26H30N6/c27-15-5-7-17-29-21-31(25-13-3-1-11-23(25)29)19-9-10-20-32-22-30(18-8-6-16-28)24-12-2-4-14-26(24)32/h1-4,11-14,21-22H,5-10,17-20H2/q+2. The number of hydrogen-bond donors (Lipinski definition) is 0. The minimum atomic E-state index is 0.591. The van der Waals surface area contributed by atoms with Crippen LogP contribution in [0.2, 0.25) is 0 Å². The number of fused-ring (bicyclic) bond motifs is 2. The zero-order valence-corrected chi connectivity index (χ0v) is 18.5. The van der Waals surface area contributed by atoms with Gasteiger partial charge in [0.15, 0.2) is 22.1 Å². The molecular weight excluding hydrogens is 396 g/mol.